The van der Waals surface area contributed by atoms with E-state index in [1.165, 1.54) is 0 Å². The number of likely N-dealkylation sites (N-methyl/N-ethyl adjacent to an activating group) is 1. The fraction of sp³-hybridized carbons (Fsp3) is 0.368. The smallest absolute Gasteiger partial charge is 0.274 e. The highest BCUT2D eigenvalue weighted by Gasteiger charge is 2.21. The van der Waals surface area contributed by atoms with Gasteiger partial charge >= 0.3 is 0 Å². The molecule has 5 nitrogen and oxygen atoms in total. The number of halogens is 2. The van der Waals surface area contributed by atoms with Crippen molar-refractivity contribution in [3.63, 3.8) is 0 Å². The predicted molar refractivity (Wildman–Crippen MR) is 105 cm³/mol. The van der Waals surface area contributed by atoms with Gasteiger partial charge in [-0.2, -0.15) is 0 Å². The van der Waals surface area contributed by atoms with E-state index in [1.807, 2.05) is 50.2 Å². The van der Waals surface area contributed by atoms with Crippen molar-refractivity contribution in [3.8, 4) is 5.88 Å². The molecule has 1 heterocycles. The number of nitrogens with zero attached hydrogens (tertiary/aromatic N) is 3. The molecule has 0 spiro atoms. The van der Waals surface area contributed by atoms with Crippen molar-refractivity contribution >= 4 is 29.1 Å². The van der Waals surface area contributed by atoms with Crippen LogP contribution in [0.2, 0.25) is 10.0 Å². The van der Waals surface area contributed by atoms with Crippen LogP contribution in [0.5, 0.6) is 5.88 Å². The Bertz CT molecular complexity index is 736. The standard InChI is InChI=1S/C19H23Cl2N3O2/c1-4-26-17-10-9-16(21)18(22-17)19(25)24(12-11-23(2)3)13-14-5-7-15(20)8-6-14/h5-10H,4,11-13H2,1-3H3. The summed E-state index contributed by atoms with van der Waals surface area (Å²) >= 11 is 12.2. The van der Waals surface area contributed by atoms with Gasteiger partial charge in [0, 0.05) is 30.7 Å². The summed E-state index contributed by atoms with van der Waals surface area (Å²) in [4.78, 5) is 21.1. The summed E-state index contributed by atoms with van der Waals surface area (Å²) in [7, 11) is 3.93. The molecule has 1 amide bonds. The van der Waals surface area contributed by atoms with Gasteiger partial charge in [0.1, 0.15) is 0 Å². The van der Waals surface area contributed by atoms with Crippen LogP contribution in [0, 0.1) is 0 Å². The van der Waals surface area contributed by atoms with E-state index in [1.54, 1.807) is 17.0 Å². The second kappa shape index (κ2) is 9.76. The molecule has 0 aliphatic carbocycles. The third kappa shape index (κ3) is 5.87. The Balaban J connectivity index is 2.26. The Morgan fingerprint density at radius 3 is 2.38 bits per heavy atom. The molecule has 0 aliphatic rings. The zero-order chi connectivity index (χ0) is 19.1. The van der Waals surface area contributed by atoms with E-state index in [0.29, 0.717) is 35.6 Å². The number of hydrogen-bond donors (Lipinski definition) is 0. The number of aromatic nitrogens is 1. The predicted octanol–water partition coefficient (Wildman–Crippen LogP) is 3.99. The first-order valence-electron chi connectivity index (χ1n) is 8.38. The Hall–Kier alpha value is -1.82. The Morgan fingerprint density at radius 1 is 1.08 bits per heavy atom. The molecule has 0 atom stereocenters. The van der Waals surface area contributed by atoms with Gasteiger partial charge in [0.25, 0.3) is 5.91 Å². The molecular weight excluding hydrogens is 373 g/mol. The number of hydrogen-bond acceptors (Lipinski definition) is 4. The van der Waals surface area contributed by atoms with Crippen molar-refractivity contribution in [1.82, 2.24) is 14.8 Å². The number of benzene rings is 1. The molecule has 2 rings (SSSR count). The van der Waals surface area contributed by atoms with Gasteiger partial charge in [0.2, 0.25) is 5.88 Å². The number of carbonyl (C=O) groups is 1. The van der Waals surface area contributed by atoms with Crippen LogP contribution < -0.4 is 4.74 Å². The zero-order valence-electron chi connectivity index (χ0n) is 15.2. The molecule has 0 N–H and O–H groups in total. The van der Waals surface area contributed by atoms with Gasteiger partial charge in [-0.1, -0.05) is 35.3 Å². The van der Waals surface area contributed by atoms with Gasteiger partial charge in [-0.05, 0) is 44.8 Å². The lowest BCUT2D eigenvalue weighted by Gasteiger charge is -2.25. The second-order valence-corrected chi connectivity index (χ2v) is 6.91. The molecule has 0 radical (unpaired) electrons. The van der Waals surface area contributed by atoms with Crippen molar-refractivity contribution in [3.05, 3.63) is 57.7 Å². The molecule has 0 fully saturated rings. The maximum atomic E-state index is 13.1. The molecule has 1 aromatic heterocycles. The Labute approximate surface area is 164 Å². The van der Waals surface area contributed by atoms with E-state index >= 15 is 0 Å². The molecule has 1 aromatic carbocycles. The highest BCUT2D eigenvalue weighted by Crippen LogP contribution is 2.21. The summed E-state index contributed by atoms with van der Waals surface area (Å²) in [5.41, 5.74) is 1.18. The lowest BCUT2D eigenvalue weighted by Crippen LogP contribution is -2.36. The highest BCUT2D eigenvalue weighted by atomic mass is 35.5. The highest BCUT2D eigenvalue weighted by molar-refractivity contribution is 6.33. The van der Waals surface area contributed by atoms with Crippen molar-refractivity contribution in [2.75, 3.05) is 33.8 Å². The van der Waals surface area contributed by atoms with Crippen LogP contribution in [0.15, 0.2) is 36.4 Å². The van der Waals surface area contributed by atoms with Crippen LogP contribution in [-0.2, 0) is 6.54 Å². The first kappa shape index (κ1) is 20.5. The SMILES string of the molecule is CCOc1ccc(Cl)c(C(=O)N(CCN(C)C)Cc2ccc(Cl)cc2)n1. The van der Waals surface area contributed by atoms with E-state index in [9.17, 15) is 4.79 Å². The summed E-state index contributed by atoms with van der Waals surface area (Å²) in [6.45, 7) is 4.05. The summed E-state index contributed by atoms with van der Waals surface area (Å²) in [5.74, 6) is 0.160. The molecule has 26 heavy (non-hydrogen) atoms. The van der Waals surface area contributed by atoms with Gasteiger partial charge < -0.3 is 14.5 Å². The van der Waals surface area contributed by atoms with Crippen LogP contribution in [0.25, 0.3) is 0 Å². The fourth-order valence-electron chi connectivity index (χ4n) is 2.34. The van der Waals surface area contributed by atoms with Crippen LogP contribution >= 0.6 is 23.2 Å². The summed E-state index contributed by atoms with van der Waals surface area (Å²) < 4.78 is 5.40. The second-order valence-electron chi connectivity index (χ2n) is 6.07. The molecule has 0 saturated heterocycles. The van der Waals surface area contributed by atoms with Crippen LogP contribution in [-0.4, -0.2) is 54.5 Å². The topological polar surface area (TPSA) is 45.7 Å². The summed E-state index contributed by atoms with van der Waals surface area (Å²) in [5, 5.41) is 0.971. The minimum absolute atomic E-state index is 0.199. The van der Waals surface area contributed by atoms with E-state index < -0.39 is 0 Å². The van der Waals surface area contributed by atoms with Crippen LogP contribution in [0.1, 0.15) is 23.0 Å². The lowest BCUT2D eigenvalue weighted by molar-refractivity contribution is 0.0725. The monoisotopic (exact) mass is 395 g/mol. The van der Waals surface area contributed by atoms with Gasteiger partial charge in [-0.15, -0.1) is 0 Å². The average Bonchev–Trinajstić information content (AvgIpc) is 2.61. The maximum Gasteiger partial charge on any atom is 0.274 e. The molecule has 0 aliphatic heterocycles. The molecule has 140 valence electrons. The van der Waals surface area contributed by atoms with E-state index in [4.69, 9.17) is 27.9 Å². The molecule has 0 unspecified atom stereocenters. The largest absolute Gasteiger partial charge is 0.478 e. The van der Waals surface area contributed by atoms with Crippen molar-refractivity contribution in [2.24, 2.45) is 0 Å². The number of carbonyl (C=O) groups excluding carboxylic acids is 1. The third-order valence-corrected chi connectivity index (χ3v) is 4.26. The number of rotatable bonds is 8. The molecular formula is C19H23Cl2N3O2. The summed E-state index contributed by atoms with van der Waals surface area (Å²) in [6.07, 6.45) is 0. The molecule has 0 bridgehead atoms. The van der Waals surface area contributed by atoms with Gasteiger partial charge in [0.05, 0.1) is 11.6 Å². The average molecular weight is 396 g/mol. The molecule has 2 aromatic rings. The number of pyridine rings is 1. The van der Waals surface area contributed by atoms with E-state index in [-0.39, 0.29) is 11.6 Å². The maximum absolute atomic E-state index is 13.1. The van der Waals surface area contributed by atoms with Crippen molar-refractivity contribution in [1.29, 1.82) is 0 Å². The minimum atomic E-state index is -0.228. The van der Waals surface area contributed by atoms with E-state index in [2.05, 4.69) is 4.98 Å². The van der Waals surface area contributed by atoms with Gasteiger partial charge in [-0.25, -0.2) is 4.98 Å². The fourth-order valence-corrected chi connectivity index (χ4v) is 2.65. The normalized spacial score (nSPS) is 10.8. The Kier molecular flexibility index (Phi) is 7.69. The Morgan fingerprint density at radius 2 is 1.77 bits per heavy atom. The van der Waals surface area contributed by atoms with Crippen molar-refractivity contribution < 1.29 is 9.53 Å². The quantitative estimate of drug-likeness (QED) is 0.677. The van der Waals surface area contributed by atoms with Gasteiger partial charge in [0.15, 0.2) is 5.69 Å². The summed E-state index contributed by atoms with van der Waals surface area (Å²) in [6, 6.07) is 10.7. The molecule has 0 saturated carbocycles. The van der Waals surface area contributed by atoms with E-state index in [0.717, 1.165) is 12.1 Å². The number of amides is 1. The minimum Gasteiger partial charge on any atom is -0.478 e. The van der Waals surface area contributed by atoms with Crippen LogP contribution in [0.4, 0.5) is 0 Å². The zero-order valence-corrected chi connectivity index (χ0v) is 16.7. The first-order chi connectivity index (χ1) is 12.4. The lowest BCUT2D eigenvalue weighted by atomic mass is 10.2. The molecule has 7 heteroatoms. The van der Waals surface area contributed by atoms with Crippen LogP contribution in [0.3, 0.4) is 0 Å². The number of ether oxygens (including phenoxy) is 1. The van der Waals surface area contributed by atoms with Gasteiger partial charge in [-0.3, -0.25) is 4.79 Å². The third-order valence-electron chi connectivity index (χ3n) is 3.71. The van der Waals surface area contributed by atoms with Crippen molar-refractivity contribution in [2.45, 2.75) is 13.5 Å². The first-order valence-corrected chi connectivity index (χ1v) is 9.14.